The SMILES string of the molecule is CC(NS(=O)(=O)c1ccc2nc(Cl)ccc2c1)C(N)=O. The molecule has 0 fully saturated rings. The Morgan fingerprint density at radius 1 is 1.35 bits per heavy atom. The highest BCUT2D eigenvalue weighted by molar-refractivity contribution is 7.89. The van der Waals surface area contributed by atoms with Crippen LogP contribution in [0.1, 0.15) is 6.92 Å². The summed E-state index contributed by atoms with van der Waals surface area (Å²) in [6.07, 6.45) is 0. The maximum Gasteiger partial charge on any atom is 0.241 e. The predicted octanol–water partition coefficient (Wildman–Crippen LogP) is 1.04. The molecular weight excluding hydrogens is 302 g/mol. The van der Waals surface area contributed by atoms with Crippen LogP contribution < -0.4 is 10.5 Å². The average molecular weight is 314 g/mol. The molecule has 1 unspecified atom stereocenters. The van der Waals surface area contributed by atoms with E-state index in [0.29, 0.717) is 16.1 Å². The Morgan fingerprint density at radius 2 is 2.05 bits per heavy atom. The highest BCUT2D eigenvalue weighted by Crippen LogP contribution is 2.19. The molecule has 0 saturated heterocycles. The molecule has 6 nitrogen and oxygen atoms in total. The first-order valence-electron chi connectivity index (χ1n) is 5.67. The van der Waals surface area contributed by atoms with E-state index in [1.165, 1.54) is 19.1 Å². The predicted molar refractivity (Wildman–Crippen MR) is 75.7 cm³/mol. The summed E-state index contributed by atoms with van der Waals surface area (Å²) in [5.41, 5.74) is 5.62. The smallest absolute Gasteiger partial charge is 0.241 e. The van der Waals surface area contributed by atoms with Gasteiger partial charge in [-0.25, -0.2) is 13.4 Å². The molecule has 0 aliphatic heterocycles. The highest BCUT2D eigenvalue weighted by Gasteiger charge is 2.20. The summed E-state index contributed by atoms with van der Waals surface area (Å²) in [5.74, 6) is -0.747. The Labute approximate surface area is 121 Å². The van der Waals surface area contributed by atoms with E-state index in [4.69, 9.17) is 17.3 Å². The van der Waals surface area contributed by atoms with E-state index in [-0.39, 0.29) is 4.90 Å². The number of carbonyl (C=O) groups is 1. The van der Waals surface area contributed by atoms with Gasteiger partial charge >= 0.3 is 0 Å². The quantitative estimate of drug-likeness (QED) is 0.823. The van der Waals surface area contributed by atoms with E-state index in [1.807, 2.05) is 0 Å². The fraction of sp³-hybridized carbons (Fsp3) is 0.167. The van der Waals surface area contributed by atoms with Crippen LogP contribution >= 0.6 is 11.6 Å². The van der Waals surface area contributed by atoms with Gasteiger partial charge in [0, 0.05) is 5.39 Å². The van der Waals surface area contributed by atoms with Gasteiger partial charge in [-0.2, -0.15) is 4.72 Å². The summed E-state index contributed by atoms with van der Waals surface area (Å²) in [6.45, 7) is 1.38. The Morgan fingerprint density at radius 3 is 2.70 bits per heavy atom. The minimum absolute atomic E-state index is 0.0298. The monoisotopic (exact) mass is 313 g/mol. The van der Waals surface area contributed by atoms with Crippen LogP contribution in [0.15, 0.2) is 35.2 Å². The first kappa shape index (κ1) is 14.7. The summed E-state index contributed by atoms with van der Waals surface area (Å²) in [7, 11) is -3.82. The molecule has 8 heteroatoms. The summed E-state index contributed by atoms with van der Waals surface area (Å²) in [4.78, 5) is 15.0. The summed E-state index contributed by atoms with van der Waals surface area (Å²) < 4.78 is 26.4. The van der Waals surface area contributed by atoms with Crippen LogP contribution in [0.4, 0.5) is 0 Å². The molecule has 0 aliphatic carbocycles. The molecule has 2 rings (SSSR count). The van der Waals surface area contributed by atoms with Crippen LogP contribution in [-0.2, 0) is 14.8 Å². The number of benzene rings is 1. The molecule has 2 aromatic rings. The number of aromatic nitrogens is 1. The van der Waals surface area contributed by atoms with Gasteiger partial charge in [0.2, 0.25) is 15.9 Å². The Balaban J connectivity index is 2.42. The largest absolute Gasteiger partial charge is 0.368 e. The van der Waals surface area contributed by atoms with E-state index in [0.717, 1.165) is 0 Å². The molecule has 106 valence electrons. The van der Waals surface area contributed by atoms with Crippen LogP contribution in [0.25, 0.3) is 10.9 Å². The van der Waals surface area contributed by atoms with Crippen molar-refractivity contribution in [3.8, 4) is 0 Å². The molecule has 1 aromatic heterocycles. The van der Waals surface area contributed by atoms with E-state index in [2.05, 4.69) is 9.71 Å². The van der Waals surface area contributed by atoms with Gasteiger partial charge in [0.25, 0.3) is 0 Å². The molecule has 20 heavy (non-hydrogen) atoms. The average Bonchev–Trinajstić information content (AvgIpc) is 2.37. The van der Waals surface area contributed by atoms with Gasteiger partial charge in [-0.15, -0.1) is 0 Å². The van der Waals surface area contributed by atoms with Crippen molar-refractivity contribution < 1.29 is 13.2 Å². The third-order valence-electron chi connectivity index (χ3n) is 2.70. The number of halogens is 1. The zero-order chi connectivity index (χ0) is 14.9. The van der Waals surface area contributed by atoms with Crippen molar-refractivity contribution in [3.63, 3.8) is 0 Å². The second-order valence-corrected chi connectivity index (χ2v) is 6.34. The first-order chi connectivity index (χ1) is 9.29. The maximum absolute atomic E-state index is 12.1. The number of hydrogen-bond acceptors (Lipinski definition) is 4. The Bertz CT molecular complexity index is 777. The lowest BCUT2D eigenvalue weighted by Gasteiger charge is -2.11. The summed E-state index contributed by atoms with van der Waals surface area (Å²) in [5, 5.41) is 0.956. The number of primary amides is 1. The number of nitrogens with zero attached hydrogens (tertiary/aromatic N) is 1. The highest BCUT2D eigenvalue weighted by atomic mass is 35.5. The third-order valence-corrected chi connectivity index (χ3v) is 4.44. The zero-order valence-corrected chi connectivity index (χ0v) is 12.1. The van der Waals surface area contributed by atoms with Gasteiger partial charge in [-0.1, -0.05) is 11.6 Å². The first-order valence-corrected chi connectivity index (χ1v) is 7.54. The third kappa shape index (κ3) is 3.06. The maximum atomic E-state index is 12.1. The number of pyridine rings is 1. The molecule has 1 atom stereocenters. The molecule has 1 heterocycles. The molecule has 0 saturated carbocycles. The van der Waals surface area contributed by atoms with Crippen molar-refractivity contribution in [2.45, 2.75) is 17.9 Å². The van der Waals surface area contributed by atoms with Crippen LogP contribution in [0.2, 0.25) is 5.15 Å². The lowest BCUT2D eigenvalue weighted by atomic mass is 10.2. The number of rotatable bonds is 4. The van der Waals surface area contributed by atoms with Gasteiger partial charge in [0.05, 0.1) is 16.5 Å². The van der Waals surface area contributed by atoms with Gasteiger partial charge < -0.3 is 5.73 Å². The van der Waals surface area contributed by atoms with Crippen molar-refractivity contribution in [1.29, 1.82) is 0 Å². The Kier molecular flexibility index (Phi) is 3.94. The topological polar surface area (TPSA) is 102 Å². The van der Waals surface area contributed by atoms with Gasteiger partial charge in [-0.3, -0.25) is 4.79 Å². The summed E-state index contributed by atoms with van der Waals surface area (Å²) >= 11 is 5.76. The lowest BCUT2D eigenvalue weighted by molar-refractivity contribution is -0.119. The zero-order valence-electron chi connectivity index (χ0n) is 10.5. The van der Waals surface area contributed by atoms with Gasteiger partial charge in [0.1, 0.15) is 5.15 Å². The molecular formula is C12H12ClN3O3S. The number of nitrogens with two attached hydrogens (primary N) is 1. The van der Waals surface area contributed by atoms with Gasteiger partial charge in [0.15, 0.2) is 0 Å². The number of hydrogen-bond donors (Lipinski definition) is 2. The van der Waals surface area contributed by atoms with Crippen LogP contribution in [0.5, 0.6) is 0 Å². The number of nitrogens with one attached hydrogen (secondary N) is 1. The van der Waals surface area contributed by atoms with Crippen molar-refractivity contribution in [2.75, 3.05) is 0 Å². The number of fused-ring (bicyclic) bond motifs is 1. The fourth-order valence-electron chi connectivity index (χ4n) is 1.60. The molecule has 0 radical (unpaired) electrons. The van der Waals surface area contributed by atoms with Crippen molar-refractivity contribution >= 4 is 38.4 Å². The molecule has 0 aliphatic rings. The number of sulfonamides is 1. The standard InChI is InChI=1S/C12H12ClN3O3S/c1-7(12(14)17)16-20(18,19)9-3-4-10-8(6-9)2-5-11(13)15-10/h2-7,16H,1H3,(H2,14,17). The van der Waals surface area contributed by atoms with Crippen molar-refractivity contribution in [2.24, 2.45) is 5.73 Å². The van der Waals surface area contributed by atoms with Crippen LogP contribution in [0.3, 0.4) is 0 Å². The van der Waals surface area contributed by atoms with Crippen molar-refractivity contribution in [1.82, 2.24) is 9.71 Å². The number of carbonyl (C=O) groups excluding carboxylic acids is 1. The van der Waals surface area contributed by atoms with E-state index < -0.39 is 22.0 Å². The fourth-order valence-corrected chi connectivity index (χ4v) is 3.01. The summed E-state index contributed by atoms with van der Waals surface area (Å²) in [6, 6.07) is 6.64. The minimum Gasteiger partial charge on any atom is -0.368 e. The van der Waals surface area contributed by atoms with Crippen LogP contribution in [-0.4, -0.2) is 25.4 Å². The van der Waals surface area contributed by atoms with Crippen molar-refractivity contribution in [3.05, 3.63) is 35.5 Å². The minimum atomic E-state index is -3.82. The Hall–Kier alpha value is -1.70. The second-order valence-electron chi connectivity index (χ2n) is 4.23. The normalized spacial score (nSPS) is 13.3. The molecule has 0 spiro atoms. The molecule has 1 aromatic carbocycles. The lowest BCUT2D eigenvalue weighted by Crippen LogP contribution is -2.42. The number of amides is 1. The van der Waals surface area contributed by atoms with E-state index >= 15 is 0 Å². The van der Waals surface area contributed by atoms with E-state index in [1.54, 1.807) is 18.2 Å². The molecule has 3 N–H and O–H groups in total. The molecule has 1 amide bonds. The van der Waals surface area contributed by atoms with Gasteiger partial charge in [-0.05, 0) is 37.3 Å². The molecule has 0 bridgehead atoms. The van der Waals surface area contributed by atoms with E-state index in [9.17, 15) is 13.2 Å². The second kappa shape index (κ2) is 5.35. The van der Waals surface area contributed by atoms with Crippen LogP contribution in [0, 0.1) is 0 Å².